The van der Waals surface area contributed by atoms with Gasteiger partial charge >= 0.3 is 0 Å². The minimum Gasteiger partial charge on any atom is -0.494 e. The molecule has 0 saturated heterocycles. The van der Waals surface area contributed by atoms with Crippen LogP contribution in [0.4, 0.5) is 11.4 Å². The van der Waals surface area contributed by atoms with Crippen molar-refractivity contribution in [3.63, 3.8) is 0 Å². The van der Waals surface area contributed by atoms with Crippen LogP contribution in [0.25, 0.3) is 0 Å². The maximum Gasteiger partial charge on any atom is 0.257 e. The van der Waals surface area contributed by atoms with E-state index in [-0.39, 0.29) is 11.8 Å². The average Bonchev–Trinajstić information content (AvgIpc) is 2.80. The molecule has 3 aromatic carbocycles. The molecular formula is C25H26N2O4. The first-order chi connectivity index (χ1) is 15.1. The lowest BCUT2D eigenvalue weighted by Gasteiger charge is -2.12. The molecule has 3 rings (SSSR count). The Kier molecular flexibility index (Phi) is 7.65. The van der Waals surface area contributed by atoms with Crippen molar-refractivity contribution in [1.82, 2.24) is 0 Å². The van der Waals surface area contributed by atoms with E-state index in [1.807, 2.05) is 13.8 Å². The summed E-state index contributed by atoms with van der Waals surface area (Å²) < 4.78 is 11.0. The van der Waals surface area contributed by atoms with Gasteiger partial charge in [0, 0.05) is 11.3 Å². The Labute approximate surface area is 182 Å². The highest BCUT2D eigenvalue weighted by atomic mass is 16.5. The molecule has 0 aliphatic heterocycles. The van der Waals surface area contributed by atoms with Gasteiger partial charge in [0.1, 0.15) is 11.5 Å². The molecule has 0 spiro atoms. The highest BCUT2D eigenvalue weighted by molar-refractivity contribution is 6.12. The van der Waals surface area contributed by atoms with Crippen LogP contribution < -0.4 is 20.1 Å². The summed E-state index contributed by atoms with van der Waals surface area (Å²) in [5, 5.41) is 5.67. The van der Waals surface area contributed by atoms with E-state index >= 15 is 0 Å². The van der Waals surface area contributed by atoms with E-state index in [1.54, 1.807) is 72.8 Å². The minimum absolute atomic E-state index is 0.302. The van der Waals surface area contributed by atoms with Crippen molar-refractivity contribution in [2.75, 3.05) is 23.8 Å². The van der Waals surface area contributed by atoms with Gasteiger partial charge in [0.25, 0.3) is 11.8 Å². The highest BCUT2D eigenvalue weighted by Gasteiger charge is 2.14. The number of benzene rings is 3. The topological polar surface area (TPSA) is 76.7 Å². The van der Waals surface area contributed by atoms with E-state index in [2.05, 4.69) is 10.6 Å². The second kappa shape index (κ2) is 10.8. The number of hydrogen-bond acceptors (Lipinski definition) is 4. The zero-order valence-electron chi connectivity index (χ0n) is 17.7. The molecule has 31 heavy (non-hydrogen) atoms. The smallest absolute Gasteiger partial charge is 0.257 e. The SMILES string of the molecule is CCCOc1ccc(C(=O)Nc2ccccc2C(=O)Nc2ccc(OCC)cc2)cc1. The third-order valence-electron chi connectivity index (χ3n) is 4.43. The average molecular weight is 418 g/mol. The van der Waals surface area contributed by atoms with Crippen molar-refractivity contribution >= 4 is 23.2 Å². The fourth-order valence-electron chi connectivity index (χ4n) is 2.91. The Morgan fingerprint density at radius 3 is 2.06 bits per heavy atom. The number of amides is 2. The predicted molar refractivity (Wildman–Crippen MR) is 122 cm³/mol. The van der Waals surface area contributed by atoms with Crippen LogP contribution in [0.3, 0.4) is 0 Å². The van der Waals surface area contributed by atoms with Crippen molar-refractivity contribution in [2.24, 2.45) is 0 Å². The second-order valence-electron chi connectivity index (χ2n) is 6.78. The predicted octanol–water partition coefficient (Wildman–Crippen LogP) is 5.38. The zero-order valence-corrected chi connectivity index (χ0v) is 17.7. The Morgan fingerprint density at radius 2 is 1.39 bits per heavy atom. The second-order valence-corrected chi connectivity index (χ2v) is 6.78. The van der Waals surface area contributed by atoms with Crippen LogP contribution in [-0.4, -0.2) is 25.0 Å². The van der Waals surface area contributed by atoms with Gasteiger partial charge in [-0.05, 0) is 74.0 Å². The number of ether oxygens (including phenoxy) is 2. The summed E-state index contributed by atoms with van der Waals surface area (Å²) in [4.78, 5) is 25.5. The van der Waals surface area contributed by atoms with Crippen molar-refractivity contribution in [2.45, 2.75) is 20.3 Å². The highest BCUT2D eigenvalue weighted by Crippen LogP contribution is 2.21. The van der Waals surface area contributed by atoms with Crippen LogP contribution in [0, 0.1) is 0 Å². The van der Waals surface area contributed by atoms with Crippen molar-refractivity contribution < 1.29 is 19.1 Å². The summed E-state index contributed by atoms with van der Waals surface area (Å²) in [6.07, 6.45) is 0.914. The maximum atomic E-state index is 12.8. The maximum absolute atomic E-state index is 12.8. The van der Waals surface area contributed by atoms with E-state index in [0.717, 1.165) is 12.2 Å². The number of hydrogen-bond donors (Lipinski definition) is 2. The molecule has 0 aliphatic carbocycles. The van der Waals surface area contributed by atoms with Crippen molar-refractivity contribution in [3.05, 3.63) is 83.9 Å². The van der Waals surface area contributed by atoms with Crippen molar-refractivity contribution in [1.29, 1.82) is 0 Å². The molecule has 0 heterocycles. The largest absolute Gasteiger partial charge is 0.494 e. The minimum atomic E-state index is -0.316. The zero-order chi connectivity index (χ0) is 22.1. The number of carbonyl (C=O) groups excluding carboxylic acids is 2. The molecular weight excluding hydrogens is 392 g/mol. The third-order valence-corrected chi connectivity index (χ3v) is 4.43. The summed E-state index contributed by atoms with van der Waals surface area (Å²) in [5.41, 5.74) is 1.91. The number of nitrogens with one attached hydrogen (secondary N) is 2. The lowest BCUT2D eigenvalue weighted by Crippen LogP contribution is -2.18. The molecule has 0 saturated carbocycles. The number of carbonyl (C=O) groups is 2. The molecule has 0 unspecified atom stereocenters. The van der Waals surface area contributed by atoms with Gasteiger partial charge in [-0.25, -0.2) is 0 Å². The summed E-state index contributed by atoms with van der Waals surface area (Å²) >= 11 is 0. The number of rotatable bonds is 9. The van der Waals surface area contributed by atoms with Gasteiger partial charge in [-0.1, -0.05) is 19.1 Å². The first-order valence-corrected chi connectivity index (χ1v) is 10.3. The van der Waals surface area contributed by atoms with Gasteiger partial charge in [-0.2, -0.15) is 0 Å². The van der Waals surface area contributed by atoms with Gasteiger partial charge < -0.3 is 20.1 Å². The molecule has 6 heteroatoms. The number of para-hydroxylation sites is 1. The van der Waals surface area contributed by atoms with E-state index in [4.69, 9.17) is 9.47 Å². The normalized spacial score (nSPS) is 10.3. The molecule has 0 aliphatic rings. The molecule has 0 radical (unpaired) electrons. The molecule has 3 aromatic rings. The van der Waals surface area contributed by atoms with Gasteiger partial charge in [0.15, 0.2) is 0 Å². The lowest BCUT2D eigenvalue weighted by molar-refractivity contribution is 0.102. The van der Waals surface area contributed by atoms with Crippen LogP contribution in [0.1, 0.15) is 41.0 Å². The Hall–Kier alpha value is -3.80. The van der Waals surface area contributed by atoms with Gasteiger partial charge in [0.2, 0.25) is 0 Å². The fourth-order valence-corrected chi connectivity index (χ4v) is 2.91. The van der Waals surface area contributed by atoms with Crippen LogP contribution >= 0.6 is 0 Å². The van der Waals surface area contributed by atoms with Crippen LogP contribution in [-0.2, 0) is 0 Å². The number of anilines is 2. The third kappa shape index (κ3) is 6.09. The first kappa shape index (κ1) is 21.9. The van der Waals surface area contributed by atoms with E-state index in [9.17, 15) is 9.59 Å². The monoisotopic (exact) mass is 418 g/mol. The van der Waals surface area contributed by atoms with Crippen LogP contribution in [0.2, 0.25) is 0 Å². The van der Waals surface area contributed by atoms with Crippen LogP contribution in [0.5, 0.6) is 11.5 Å². The van der Waals surface area contributed by atoms with Gasteiger partial charge in [0.05, 0.1) is 24.5 Å². The summed E-state index contributed by atoms with van der Waals surface area (Å²) in [7, 11) is 0. The fraction of sp³-hybridized carbons (Fsp3) is 0.200. The van der Waals surface area contributed by atoms with E-state index in [1.165, 1.54) is 0 Å². The molecule has 160 valence electrons. The Morgan fingerprint density at radius 1 is 0.742 bits per heavy atom. The van der Waals surface area contributed by atoms with Gasteiger partial charge in [-0.15, -0.1) is 0 Å². The molecule has 0 aromatic heterocycles. The van der Waals surface area contributed by atoms with Gasteiger partial charge in [-0.3, -0.25) is 9.59 Å². The van der Waals surface area contributed by atoms with Crippen LogP contribution in [0.15, 0.2) is 72.8 Å². The Balaban J connectivity index is 1.69. The molecule has 2 amide bonds. The molecule has 6 nitrogen and oxygen atoms in total. The Bertz CT molecular complexity index is 1010. The lowest BCUT2D eigenvalue weighted by atomic mass is 10.1. The van der Waals surface area contributed by atoms with E-state index in [0.29, 0.717) is 41.5 Å². The molecule has 0 fully saturated rings. The van der Waals surface area contributed by atoms with E-state index < -0.39 is 0 Å². The molecule has 0 atom stereocenters. The standard InChI is InChI=1S/C25H26N2O4/c1-3-17-31-21-13-9-18(10-14-21)24(28)27-23-8-6-5-7-22(23)25(29)26-19-11-15-20(16-12-19)30-4-2/h5-16H,3-4,17H2,1-2H3,(H,26,29)(H,27,28). The summed E-state index contributed by atoms with van der Waals surface area (Å²) in [6, 6.07) is 20.9. The quantitative estimate of drug-likeness (QED) is 0.489. The first-order valence-electron chi connectivity index (χ1n) is 10.3. The molecule has 0 bridgehead atoms. The molecule has 2 N–H and O–H groups in total. The van der Waals surface area contributed by atoms with Crippen molar-refractivity contribution in [3.8, 4) is 11.5 Å². The summed E-state index contributed by atoms with van der Waals surface area (Å²) in [6.45, 7) is 5.15. The summed E-state index contributed by atoms with van der Waals surface area (Å²) in [5.74, 6) is 0.833.